The van der Waals surface area contributed by atoms with Crippen LogP contribution in [0.25, 0.3) is 0 Å². The summed E-state index contributed by atoms with van der Waals surface area (Å²) < 4.78 is 22.9. The molecule has 5 aliphatic rings. The van der Waals surface area contributed by atoms with Crippen molar-refractivity contribution in [3.05, 3.63) is 69.5 Å². The molecule has 0 aromatic heterocycles. The van der Waals surface area contributed by atoms with Gasteiger partial charge in [0.15, 0.2) is 17.6 Å². The van der Waals surface area contributed by atoms with Crippen molar-refractivity contribution in [1.82, 2.24) is 0 Å². The van der Waals surface area contributed by atoms with Crippen LogP contribution in [0.15, 0.2) is 48.2 Å². The van der Waals surface area contributed by atoms with Crippen molar-refractivity contribution < 1.29 is 33.8 Å². The van der Waals surface area contributed by atoms with Gasteiger partial charge < -0.3 is 24.1 Å². The summed E-state index contributed by atoms with van der Waals surface area (Å²) in [6, 6.07) is 9.12. The van der Waals surface area contributed by atoms with Crippen molar-refractivity contribution in [2.75, 3.05) is 7.11 Å². The predicted octanol–water partition coefficient (Wildman–Crippen LogP) is 3.80. The average Bonchev–Trinajstić information content (AvgIpc) is 3.32. The monoisotopic (exact) mass is 463 g/mol. The lowest BCUT2D eigenvalue weighted by atomic mass is 9.57. The van der Waals surface area contributed by atoms with Crippen LogP contribution in [0.5, 0.6) is 17.2 Å². The molecule has 1 heterocycles. The Morgan fingerprint density at radius 1 is 1.21 bits per heavy atom. The van der Waals surface area contributed by atoms with Crippen LogP contribution in [0.3, 0.4) is 0 Å². The van der Waals surface area contributed by atoms with Crippen LogP contribution < -0.4 is 14.2 Å². The fourth-order valence-electron chi connectivity index (χ4n) is 7.30. The van der Waals surface area contributed by atoms with Crippen LogP contribution in [0.2, 0.25) is 0 Å². The van der Waals surface area contributed by atoms with Crippen molar-refractivity contribution >= 4 is 11.8 Å². The number of methoxy groups -OCH3 is 1. The fraction of sp³-hybridized carbons (Fsp3) is 0.400. The minimum atomic E-state index is -0.977. The Morgan fingerprint density at radius 2 is 2.00 bits per heavy atom. The molecule has 34 heavy (non-hydrogen) atoms. The van der Waals surface area contributed by atoms with E-state index in [1.807, 2.05) is 6.07 Å². The van der Waals surface area contributed by atoms with Gasteiger partial charge in [-0.2, -0.15) is 0 Å². The molecule has 9 heteroatoms. The summed E-state index contributed by atoms with van der Waals surface area (Å²) in [7, 11) is 1.58. The Kier molecular flexibility index (Phi) is 3.56. The first-order valence-corrected chi connectivity index (χ1v) is 11.2. The minimum Gasteiger partial charge on any atom is -0.493 e. The van der Waals surface area contributed by atoms with Gasteiger partial charge in [0.25, 0.3) is 5.69 Å². The van der Waals surface area contributed by atoms with Crippen molar-refractivity contribution in [2.24, 2.45) is 11.3 Å². The molecular formula is C25H21NO8. The predicted molar refractivity (Wildman–Crippen MR) is 116 cm³/mol. The number of nitro groups is 1. The zero-order chi connectivity index (χ0) is 23.5. The van der Waals surface area contributed by atoms with E-state index in [1.165, 1.54) is 24.3 Å². The number of nitrogens with zero attached hydrogens (tertiary/aromatic N) is 1. The molecule has 4 aliphatic carbocycles. The Bertz CT molecular complexity index is 1320. The number of nitro benzene ring substituents is 1. The number of ether oxygens (including phenoxy) is 4. The van der Waals surface area contributed by atoms with Crippen molar-refractivity contribution in [2.45, 2.75) is 42.8 Å². The number of hydrogen-bond acceptors (Lipinski definition) is 8. The summed E-state index contributed by atoms with van der Waals surface area (Å²) in [6.07, 6.45) is 3.12. The van der Waals surface area contributed by atoms with Gasteiger partial charge in [-0.1, -0.05) is 6.07 Å². The van der Waals surface area contributed by atoms with Gasteiger partial charge in [-0.3, -0.25) is 10.1 Å². The highest BCUT2D eigenvalue weighted by molar-refractivity contribution is 5.69. The first kappa shape index (κ1) is 19.8. The van der Waals surface area contributed by atoms with Gasteiger partial charge in [0.2, 0.25) is 0 Å². The van der Waals surface area contributed by atoms with E-state index in [2.05, 4.69) is 6.07 Å². The molecule has 1 unspecified atom stereocenters. The molecule has 1 aliphatic heterocycles. The highest BCUT2D eigenvalue weighted by atomic mass is 16.7. The quantitative estimate of drug-likeness (QED) is 0.315. The Balaban J connectivity index is 1.23. The number of carbonyl (C=O) groups is 1. The molecule has 1 N–H and O–H groups in total. The van der Waals surface area contributed by atoms with Crippen molar-refractivity contribution in [3.8, 4) is 17.2 Å². The van der Waals surface area contributed by atoms with E-state index in [-0.39, 0.29) is 22.8 Å². The lowest BCUT2D eigenvalue weighted by Crippen LogP contribution is -2.59. The van der Waals surface area contributed by atoms with E-state index in [1.54, 1.807) is 13.2 Å². The van der Waals surface area contributed by atoms with E-state index < -0.39 is 28.2 Å². The van der Waals surface area contributed by atoms with Crippen LogP contribution >= 0.6 is 0 Å². The molecule has 5 atom stereocenters. The number of rotatable bonds is 4. The summed E-state index contributed by atoms with van der Waals surface area (Å²) in [5.41, 5.74) is 0.415. The van der Waals surface area contributed by atoms with Gasteiger partial charge in [0.1, 0.15) is 11.5 Å². The molecule has 2 aromatic carbocycles. The van der Waals surface area contributed by atoms with E-state index >= 15 is 0 Å². The molecule has 2 spiro atoms. The molecular weight excluding hydrogens is 442 g/mol. The summed E-state index contributed by atoms with van der Waals surface area (Å²) in [5, 5.41) is 22.9. The number of non-ortho nitro benzene ring substituents is 1. The number of hydrogen-bond donors (Lipinski definition) is 1. The van der Waals surface area contributed by atoms with E-state index in [4.69, 9.17) is 18.9 Å². The number of fused-ring (bicyclic) bond motifs is 1. The standard InChI is InChI=1S/C25H21NO8/c1-31-16-7-2-13-10-23-11-18(23)25(28)9-8-17(21-24(25,12-23)19(13)20(16)34-21)33-22(27)32-15-5-3-14(4-6-15)26(29)30/h2-8,18,21,28H,9-12H2,1H3/t18-,21+,23?,24+,25-/m1/s1. The Labute approximate surface area is 194 Å². The number of aliphatic hydroxyl groups is 1. The molecule has 2 fully saturated rings. The van der Waals surface area contributed by atoms with Crippen LogP contribution in [-0.2, 0) is 16.6 Å². The van der Waals surface area contributed by atoms with E-state index in [0.29, 0.717) is 23.7 Å². The van der Waals surface area contributed by atoms with Gasteiger partial charge in [0.05, 0.1) is 23.0 Å². The lowest BCUT2D eigenvalue weighted by molar-refractivity contribution is -0.384. The molecule has 0 radical (unpaired) electrons. The average molecular weight is 463 g/mol. The zero-order valence-electron chi connectivity index (χ0n) is 18.3. The topological polar surface area (TPSA) is 117 Å². The third-order valence-corrected chi connectivity index (χ3v) is 8.59. The van der Waals surface area contributed by atoms with Crippen LogP contribution in [0, 0.1) is 21.4 Å². The fourth-order valence-corrected chi connectivity index (χ4v) is 7.30. The van der Waals surface area contributed by atoms with Crippen LogP contribution in [-0.4, -0.2) is 35.0 Å². The summed E-state index contributed by atoms with van der Waals surface area (Å²) >= 11 is 0. The van der Waals surface area contributed by atoms with Crippen molar-refractivity contribution in [1.29, 1.82) is 0 Å². The maximum absolute atomic E-state index is 12.6. The molecule has 2 aromatic rings. The summed E-state index contributed by atoms with van der Waals surface area (Å²) in [5.74, 6) is 1.81. The second kappa shape index (κ2) is 6.09. The highest BCUT2D eigenvalue weighted by Gasteiger charge is 2.84. The molecule has 174 valence electrons. The van der Waals surface area contributed by atoms with Gasteiger partial charge in [-0.25, -0.2) is 4.79 Å². The van der Waals surface area contributed by atoms with Crippen LogP contribution in [0.4, 0.5) is 10.5 Å². The number of carbonyl (C=O) groups excluding carboxylic acids is 1. The van der Waals surface area contributed by atoms with Gasteiger partial charge in [-0.15, -0.1) is 0 Å². The Morgan fingerprint density at radius 3 is 2.74 bits per heavy atom. The minimum absolute atomic E-state index is 0.0577. The summed E-state index contributed by atoms with van der Waals surface area (Å²) in [4.78, 5) is 22.9. The van der Waals surface area contributed by atoms with Crippen LogP contribution in [0.1, 0.15) is 30.4 Å². The molecule has 2 bridgehead atoms. The van der Waals surface area contributed by atoms with E-state index in [9.17, 15) is 20.0 Å². The number of benzene rings is 2. The molecule has 0 saturated heterocycles. The molecule has 9 nitrogen and oxygen atoms in total. The van der Waals surface area contributed by atoms with Gasteiger partial charge in [-0.05, 0) is 66.9 Å². The third kappa shape index (κ3) is 2.20. The molecule has 2 saturated carbocycles. The maximum atomic E-state index is 12.6. The zero-order valence-corrected chi connectivity index (χ0v) is 18.3. The lowest BCUT2D eigenvalue weighted by Gasteiger charge is -2.48. The largest absolute Gasteiger partial charge is 0.519 e. The second-order valence-electron chi connectivity index (χ2n) is 10.0. The molecule has 0 amide bonds. The van der Waals surface area contributed by atoms with Gasteiger partial charge in [0, 0.05) is 17.7 Å². The first-order valence-electron chi connectivity index (χ1n) is 11.2. The normalized spacial score (nSPS) is 34.8. The second-order valence-corrected chi connectivity index (χ2v) is 10.0. The molecule has 7 rings (SSSR count). The summed E-state index contributed by atoms with van der Waals surface area (Å²) in [6.45, 7) is 0. The smallest absolute Gasteiger partial charge is 0.493 e. The van der Waals surface area contributed by atoms with Crippen molar-refractivity contribution in [3.63, 3.8) is 0 Å². The van der Waals surface area contributed by atoms with E-state index in [0.717, 1.165) is 30.4 Å². The first-order chi connectivity index (χ1) is 16.3. The maximum Gasteiger partial charge on any atom is 0.519 e. The Hall–Kier alpha value is -3.59. The van der Waals surface area contributed by atoms with Gasteiger partial charge >= 0.3 is 6.16 Å². The highest BCUT2D eigenvalue weighted by Crippen LogP contribution is 2.82. The third-order valence-electron chi connectivity index (χ3n) is 8.59. The SMILES string of the molecule is COc1ccc2c3c1O[C@H]1C(OC(=O)Oc4ccc([N+](=O)[O-])cc4)=CC[C@@]4(O)[C@@H]5CC5(C2)C[C@]314.